The number of pyridine rings is 1. The van der Waals surface area contributed by atoms with Gasteiger partial charge in [-0.1, -0.05) is 0 Å². The first kappa shape index (κ1) is 21.4. The molecule has 0 bridgehead atoms. The Bertz CT molecular complexity index is 1260. The summed E-state index contributed by atoms with van der Waals surface area (Å²) in [5.41, 5.74) is 0.221. The fourth-order valence-corrected chi connectivity index (χ4v) is 3.28. The number of fused-ring (bicyclic) bond motifs is 1. The molecule has 12 heteroatoms. The molecule has 3 aromatic rings. The third-order valence-electron chi connectivity index (χ3n) is 5.04. The van der Waals surface area contributed by atoms with Crippen molar-refractivity contribution in [2.24, 2.45) is 13.0 Å². The van der Waals surface area contributed by atoms with Crippen molar-refractivity contribution in [2.75, 3.05) is 17.3 Å². The first-order valence-corrected chi connectivity index (χ1v) is 9.38. The maximum absolute atomic E-state index is 14.8. The Balaban J connectivity index is 1.80. The number of halogens is 4. The van der Waals surface area contributed by atoms with E-state index in [4.69, 9.17) is 5.26 Å². The van der Waals surface area contributed by atoms with E-state index in [2.05, 4.69) is 20.0 Å². The van der Waals surface area contributed by atoms with Crippen LogP contribution in [0.2, 0.25) is 0 Å². The standard InChI is InChI=1S/C20H16F4N6O2/c1-29-8-26-16-13(29)6-15(27-18(16)28-19(31)10-5-11(10)21)30(2)17-12(22)3-9(7-25)4-14(17)32-20(23)24/h3-4,6,8,10-11,20H,5H2,1-2H3,(H,27,28,31)/t10-,11+/m0/s1. The number of anilines is 3. The van der Waals surface area contributed by atoms with Crippen LogP contribution in [-0.4, -0.2) is 40.3 Å². The van der Waals surface area contributed by atoms with Gasteiger partial charge in [-0.3, -0.25) is 4.79 Å². The van der Waals surface area contributed by atoms with Crippen LogP contribution in [0.25, 0.3) is 11.0 Å². The lowest BCUT2D eigenvalue weighted by atomic mass is 10.1. The Labute approximate surface area is 179 Å². The number of imidazole rings is 1. The van der Waals surface area contributed by atoms with Crippen LogP contribution < -0.4 is 15.0 Å². The minimum atomic E-state index is -3.26. The van der Waals surface area contributed by atoms with Gasteiger partial charge in [-0.25, -0.2) is 18.7 Å². The van der Waals surface area contributed by atoms with Crippen molar-refractivity contribution >= 4 is 34.3 Å². The number of nitrogens with one attached hydrogen (secondary N) is 1. The SMILES string of the molecule is CN(c1cc2c(ncn2C)c(NC(=O)[C@H]2C[C@H]2F)n1)c1c(F)cc(C#N)cc1OC(F)F. The number of rotatable bonds is 6. The average molecular weight is 448 g/mol. The monoisotopic (exact) mass is 448 g/mol. The summed E-state index contributed by atoms with van der Waals surface area (Å²) < 4.78 is 60.0. The van der Waals surface area contributed by atoms with E-state index in [-0.39, 0.29) is 29.3 Å². The fourth-order valence-electron chi connectivity index (χ4n) is 3.28. The summed E-state index contributed by atoms with van der Waals surface area (Å²) in [6, 6.07) is 5.05. The minimum absolute atomic E-state index is 0.0134. The van der Waals surface area contributed by atoms with Crippen LogP contribution in [0, 0.1) is 23.1 Å². The van der Waals surface area contributed by atoms with Crippen molar-refractivity contribution in [1.29, 1.82) is 5.26 Å². The molecule has 1 aliphatic carbocycles. The van der Waals surface area contributed by atoms with Gasteiger partial charge < -0.3 is 19.5 Å². The quantitative estimate of drug-likeness (QED) is 0.579. The number of hydrogen-bond donors (Lipinski definition) is 1. The van der Waals surface area contributed by atoms with E-state index in [0.717, 1.165) is 17.0 Å². The molecule has 0 saturated heterocycles. The Morgan fingerprint density at radius 1 is 1.41 bits per heavy atom. The molecule has 1 saturated carbocycles. The molecule has 0 spiro atoms. The van der Waals surface area contributed by atoms with Crippen molar-refractivity contribution in [3.05, 3.63) is 35.9 Å². The maximum Gasteiger partial charge on any atom is 0.387 e. The lowest BCUT2D eigenvalue weighted by Crippen LogP contribution is -2.19. The normalized spacial score (nSPS) is 17.3. The molecule has 166 valence electrons. The molecule has 0 radical (unpaired) electrons. The third kappa shape index (κ3) is 3.89. The first-order chi connectivity index (χ1) is 15.2. The largest absolute Gasteiger partial charge is 0.432 e. The molecule has 2 atom stereocenters. The van der Waals surface area contributed by atoms with Gasteiger partial charge in [0, 0.05) is 26.2 Å². The highest BCUT2D eigenvalue weighted by Gasteiger charge is 2.44. The second-order valence-electron chi connectivity index (χ2n) is 7.25. The van der Waals surface area contributed by atoms with Crippen LogP contribution in [0.1, 0.15) is 12.0 Å². The number of alkyl halides is 3. The van der Waals surface area contributed by atoms with E-state index >= 15 is 0 Å². The molecule has 1 N–H and O–H groups in total. The number of benzene rings is 1. The van der Waals surface area contributed by atoms with Crippen molar-refractivity contribution < 1.29 is 27.1 Å². The van der Waals surface area contributed by atoms with Crippen molar-refractivity contribution in [3.63, 3.8) is 0 Å². The average Bonchev–Trinajstić information content (AvgIpc) is 3.36. The molecule has 1 amide bonds. The summed E-state index contributed by atoms with van der Waals surface area (Å²) in [5, 5.41) is 11.6. The predicted octanol–water partition coefficient (Wildman–Crippen LogP) is 3.64. The summed E-state index contributed by atoms with van der Waals surface area (Å²) in [6.45, 7) is -3.26. The number of nitrogens with zero attached hydrogens (tertiary/aromatic N) is 5. The molecule has 0 aliphatic heterocycles. The van der Waals surface area contributed by atoms with Crippen molar-refractivity contribution in [2.45, 2.75) is 19.2 Å². The zero-order valence-electron chi connectivity index (χ0n) is 16.8. The highest BCUT2D eigenvalue weighted by molar-refractivity contribution is 6.01. The fraction of sp³-hybridized carbons (Fsp3) is 0.300. The zero-order valence-corrected chi connectivity index (χ0v) is 16.8. The molecule has 2 heterocycles. The summed E-state index contributed by atoms with van der Waals surface area (Å²) >= 11 is 0. The van der Waals surface area contributed by atoms with E-state index in [1.165, 1.54) is 19.4 Å². The molecule has 0 unspecified atom stereocenters. The van der Waals surface area contributed by atoms with Crippen LogP contribution in [0.3, 0.4) is 0 Å². The van der Waals surface area contributed by atoms with E-state index in [1.807, 2.05) is 0 Å². The third-order valence-corrected chi connectivity index (χ3v) is 5.04. The Kier molecular flexibility index (Phi) is 5.33. The van der Waals surface area contributed by atoms with Gasteiger partial charge in [-0.15, -0.1) is 0 Å². The van der Waals surface area contributed by atoms with Gasteiger partial charge in [0.25, 0.3) is 0 Å². The van der Waals surface area contributed by atoms with Gasteiger partial charge in [-0.2, -0.15) is 14.0 Å². The van der Waals surface area contributed by atoms with E-state index < -0.39 is 36.2 Å². The Hall–Kier alpha value is -3.88. The number of nitriles is 1. The molecule has 1 aromatic carbocycles. The smallest absolute Gasteiger partial charge is 0.387 e. The molecular formula is C20H16F4N6O2. The molecule has 8 nitrogen and oxygen atoms in total. The van der Waals surface area contributed by atoms with E-state index in [0.29, 0.717) is 11.0 Å². The summed E-state index contributed by atoms with van der Waals surface area (Å²) in [5.74, 6) is -2.82. The second-order valence-corrected chi connectivity index (χ2v) is 7.25. The Morgan fingerprint density at radius 3 is 2.75 bits per heavy atom. The van der Waals surface area contributed by atoms with Crippen LogP contribution >= 0.6 is 0 Å². The molecule has 1 aliphatic rings. The second kappa shape index (κ2) is 7.99. The van der Waals surface area contributed by atoms with Gasteiger partial charge in [-0.05, 0) is 12.5 Å². The number of carbonyl (C=O) groups is 1. The van der Waals surface area contributed by atoms with Gasteiger partial charge >= 0.3 is 6.61 Å². The number of hydrogen-bond acceptors (Lipinski definition) is 6. The number of amides is 1. The summed E-state index contributed by atoms with van der Waals surface area (Å²) in [6.07, 6.45) is 0.359. The van der Waals surface area contributed by atoms with Crippen LogP contribution in [0.15, 0.2) is 24.5 Å². The van der Waals surface area contributed by atoms with Crippen LogP contribution in [-0.2, 0) is 11.8 Å². The molecule has 4 rings (SSSR count). The van der Waals surface area contributed by atoms with Crippen LogP contribution in [0.5, 0.6) is 5.75 Å². The lowest BCUT2D eigenvalue weighted by Gasteiger charge is -2.23. The summed E-state index contributed by atoms with van der Waals surface area (Å²) in [4.78, 5) is 21.9. The van der Waals surface area contributed by atoms with E-state index in [9.17, 15) is 22.4 Å². The molecule has 1 fully saturated rings. The molecule has 32 heavy (non-hydrogen) atoms. The number of carbonyl (C=O) groups excluding carboxylic acids is 1. The maximum atomic E-state index is 14.8. The topological polar surface area (TPSA) is 96.1 Å². The van der Waals surface area contributed by atoms with Crippen LogP contribution in [0.4, 0.5) is 34.9 Å². The Morgan fingerprint density at radius 2 is 2.12 bits per heavy atom. The minimum Gasteiger partial charge on any atom is -0.432 e. The summed E-state index contributed by atoms with van der Waals surface area (Å²) in [7, 11) is 3.04. The van der Waals surface area contributed by atoms with Gasteiger partial charge in [0.05, 0.1) is 29.4 Å². The van der Waals surface area contributed by atoms with Gasteiger partial charge in [0.1, 0.15) is 23.2 Å². The molecule has 2 aromatic heterocycles. The number of aryl methyl sites for hydroxylation is 1. The first-order valence-electron chi connectivity index (χ1n) is 9.38. The van der Waals surface area contributed by atoms with Gasteiger partial charge in [0.15, 0.2) is 17.4 Å². The van der Waals surface area contributed by atoms with Crippen molar-refractivity contribution in [3.8, 4) is 11.8 Å². The van der Waals surface area contributed by atoms with Crippen molar-refractivity contribution in [1.82, 2.24) is 14.5 Å². The molecular weight excluding hydrogens is 432 g/mol. The number of aromatic nitrogens is 3. The highest BCUT2D eigenvalue weighted by Crippen LogP contribution is 2.39. The van der Waals surface area contributed by atoms with E-state index in [1.54, 1.807) is 17.7 Å². The predicted molar refractivity (Wildman–Crippen MR) is 106 cm³/mol. The zero-order chi connectivity index (χ0) is 23.2. The lowest BCUT2D eigenvalue weighted by molar-refractivity contribution is -0.117. The van der Waals surface area contributed by atoms with Gasteiger partial charge in [0.2, 0.25) is 5.91 Å². The number of ether oxygens (including phenoxy) is 1. The highest BCUT2D eigenvalue weighted by atomic mass is 19.3.